The SMILES string of the molecule is CCOC1CCCN(CC(C)NC)C1. The largest absolute Gasteiger partial charge is 0.377 e. The van der Waals surface area contributed by atoms with E-state index >= 15 is 0 Å². The van der Waals surface area contributed by atoms with Crippen molar-refractivity contribution in [2.24, 2.45) is 0 Å². The third-order valence-corrected chi connectivity index (χ3v) is 2.89. The van der Waals surface area contributed by atoms with Gasteiger partial charge in [-0.05, 0) is 40.3 Å². The van der Waals surface area contributed by atoms with Gasteiger partial charge in [-0.2, -0.15) is 0 Å². The van der Waals surface area contributed by atoms with Crippen molar-refractivity contribution >= 4 is 0 Å². The van der Waals surface area contributed by atoms with Crippen molar-refractivity contribution < 1.29 is 4.74 Å². The molecule has 0 saturated carbocycles. The Labute approximate surface area is 87.8 Å². The van der Waals surface area contributed by atoms with Crippen LogP contribution in [0.5, 0.6) is 0 Å². The van der Waals surface area contributed by atoms with Gasteiger partial charge in [-0.3, -0.25) is 4.90 Å². The number of rotatable bonds is 5. The molecule has 3 nitrogen and oxygen atoms in total. The molecular formula is C11H24N2O. The summed E-state index contributed by atoms with van der Waals surface area (Å²) in [7, 11) is 2.02. The zero-order valence-electron chi connectivity index (χ0n) is 9.75. The summed E-state index contributed by atoms with van der Waals surface area (Å²) in [5.74, 6) is 0. The zero-order chi connectivity index (χ0) is 10.4. The molecule has 1 aliphatic heterocycles. The number of nitrogens with zero attached hydrogens (tertiary/aromatic N) is 1. The third-order valence-electron chi connectivity index (χ3n) is 2.89. The summed E-state index contributed by atoms with van der Waals surface area (Å²) in [6.45, 7) is 8.63. The Kier molecular flexibility index (Phi) is 5.45. The van der Waals surface area contributed by atoms with Gasteiger partial charge in [0.2, 0.25) is 0 Å². The predicted molar refractivity (Wildman–Crippen MR) is 59.6 cm³/mol. The molecule has 84 valence electrons. The van der Waals surface area contributed by atoms with E-state index < -0.39 is 0 Å². The Morgan fingerprint density at radius 1 is 1.57 bits per heavy atom. The van der Waals surface area contributed by atoms with Crippen LogP contribution in [0.2, 0.25) is 0 Å². The van der Waals surface area contributed by atoms with Crippen molar-refractivity contribution in [1.82, 2.24) is 10.2 Å². The van der Waals surface area contributed by atoms with Crippen LogP contribution in [-0.2, 0) is 4.74 Å². The summed E-state index contributed by atoms with van der Waals surface area (Å²) >= 11 is 0. The monoisotopic (exact) mass is 200 g/mol. The third kappa shape index (κ3) is 3.95. The highest BCUT2D eigenvalue weighted by Crippen LogP contribution is 2.13. The van der Waals surface area contributed by atoms with Crippen LogP contribution in [0.3, 0.4) is 0 Å². The standard InChI is InChI=1S/C11H24N2O/c1-4-14-11-6-5-7-13(9-11)8-10(2)12-3/h10-12H,4-9H2,1-3H3. The van der Waals surface area contributed by atoms with E-state index in [0.29, 0.717) is 12.1 Å². The molecule has 1 heterocycles. The van der Waals surface area contributed by atoms with Gasteiger partial charge in [-0.15, -0.1) is 0 Å². The van der Waals surface area contributed by atoms with Crippen molar-refractivity contribution in [3.63, 3.8) is 0 Å². The Morgan fingerprint density at radius 2 is 2.36 bits per heavy atom. The van der Waals surface area contributed by atoms with Crippen LogP contribution in [0, 0.1) is 0 Å². The number of likely N-dealkylation sites (tertiary alicyclic amines) is 1. The molecule has 0 aromatic carbocycles. The lowest BCUT2D eigenvalue weighted by molar-refractivity contribution is 0.00424. The van der Waals surface area contributed by atoms with E-state index in [1.165, 1.54) is 19.4 Å². The van der Waals surface area contributed by atoms with Crippen LogP contribution in [0.1, 0.15) is 26.7 Å². The fraction of sp³-hybridized carbons (Fsp3) is 1.00. The molecule has 0 bridgehead atoms. The van der Waals surface area contributed by atoms with Crippen LogP contribution in [0.25, 0.3) is 0 Å². The van der Waals surface area contributed by atoms with Crippen LogP contribution >= 0.6 is 0 Å². The first-order valence-corrected chi connectivity index (χ1v) is 5.77. The molecular weight excluding hydrogens is 176 g/mol. The second kappa shape index (κ2) is 6.38. The maximum absolute atomic E-state index is 5.67. The fourth-order valence-corrected chi connectivity index (χ4v) is 2.03. The number of hydrogen-bond donors (Lipinski definition) is 1. The topological polar surface area (TPSA) is 24.5 Å². The average molecular weight is 200 g/mol. The second-order valence-electron chi connectivity index (χ2n) is 4.17. The molecule has 0 amide bonds. The molecule has 0 aromatic heterocycles. The van der Waals surface area contributed by atoms with Gasteiger partial charge >= 0.3 is 0 Å². The molecule has 1 aliphatic rings. The van der Waals surface area contributed by atoms with Gasteiger partial charge in [0.25, 0.3) is 0 Å². The molecule has 1 N–H and O–H groups in total. The summed E-state index contributed by atoms with van der Waals surface area (Å²) in [5, 5.41) is 3.28. The Bertz CT molecular complexity index is 150. The van der Waals surface area contributed by atoms with Gasteiger partial charge < -0.3 is 10.1 Å². The second-order valence-corrected chi connectivity index (χ2v) is 4.17. The van der Waals surface area contributed by atoms with Gasteiger partial charge in [-0.1, -0.05) is 0 Å². The van der Waals surface area contributed by atoms with E-state index in [4.69, 9.17) is 4.74 Å². The maximum Gasteiger partial charge on any atom is 0.0702 e. The number of nitrogens with one attached hydrogen (secondary N) is 1. The minimum atomic E-state index is 0.470. The first-order valence-electron chi connectivity index (χ1n) is 5.77. The highest BCUT2D eigenvalue weighted by molar-refractivity contribution is 4.75. The summed E-state index contributed by atoms with van der Waals surface area (Å²) in [6, 6.07) is 0.579. The van der Waals surface area contributed by atoms with E-state index in [0.717, 1.165) is 19.7 Å². The fourth-order valence-electron chi connectivity index (χ4n) is 2.03. The molecule has 3 heteroatoms. The lowest BCUT2D eigenvalue weighted by Crippen LogP contribution is -2.45. The highest BCUT2D eigenvalue weighted by atomic mass is 16.5. The van der Waals surface area contributed by atoms with Crippen LogP contribution in [-0.4, -0.2) is 50.3 Å². The highest BCUT2D eigenvalue weighted by Gasteiger charge is 2.20. The Balaban J connectivity index is 2.25. The first-order chi connectivity index (χ1) is 6.76. The van der Waals surface area contributed by atoms with Gasteiger partial charge in [0, 0.05) is 25.7 Å². The van der Waals surface area contributed by atoms with Gasteiger partial charge in [0.15, 0.2) is 0 Å². The summed E-state index contributed by atoms with van der Waals surface area (Å²) in [6.07, 6.45) is 2.98. The number of ether oxygens (including phenoxy) is 1. The molecule has 1 rings (SSSR count). The predicted octanol–water partition coefficient (Wildman–Crippen LogP) is 1.10. The van der Waals surface area contributed by atoms with Gasteiger partial charge in [0.1, 0.15) is 0 Å². The molecule has 0 radical (unpaired) electrons. The lowest BCUT2D eigenvalue weighted by Gasteiger charge is -2.33. The van der Waals surface area contributed by atoms with E-state index in [-0.39, 0.29) is 0 Å². The Morgan fingerprint density at radius 3 is 3.00 bits per heavy atom. The quantitative estimate of drug-likeness (QED) is 0.719. The average Bonchev–Trinajstić information content (AvgIpc) is 2.19. The van der Waals surface area contributed by atoms with Crippen LogP contribution in [0.4, 0.5) is 0 Å². The minimum Gasteiger partial charge on any atom is -0.377 e. The molecule has 2 unspecified atom stereocenters. The van der Waals surface area contributed by atoms with Gasteiger partial charge in [0.05, 0.1) is 6.10 Å². The number of piperidine rings is 1. The molecule has 0 aliphatic carbocycles. The molecule has 0 aromatic rings. The van der Waals surface area contributed by atoms with E-state index in [1.807, 2.05) is 7.05 Å². The van der Waals surface area contributed by atoms with Crippen molar-refractivity contribution in [1.29, 1.82) is 0 Å². The van der Waals surface area contributed by atoms with Crippen molar-refractivity contribution in [2.75, 3.05) is 33.3 Å². The van der Waals surface area contributed by atoms with Gasteiger partial charge in [-0.25, -0.2) is 0 Å². The summed E-state index contributed by atoms with van der Waals surface area (Å²) in [5.41, 5.74) is 0. The maximum atomic E-state index is 5.67. The summed E-state index contributed by atoms with van der Waals surface area (Å²) in [4.78, 5) is 2.50. The van der Waals surface area contributed by atoms with Crippen molar-refractivity contribution in [3.8, 4) is 0 Å². The zero-order valence-corrected chi connectivity index (χ0v) is 9.75. The van der Waals surface area contributed by atoms with E-state index in [1.54, 1.807) is 0 Å². The normalized spacial score (nSPS) is 26.4. The van der Waals surface area contributed by atoms with Crippen molar-refractivity contribution in [2.45, 2.75) is 38.8 Å². The Hall–Kier alpha value is -0.120. The first kappa shape index (κ1) is 12.0. The summed E-state index contributed by atoms with van der Waals surface area (Å²) < 4.78 is 5.67. The van der Waals surface area contributed by atoms with Crippen molar-refractivity contribution in [3.05, 3.63) is 0 Å². The number of likely N-dealkylation sites (N-methyl/N-ethyl adjacent to an activating group) is 1. The van der Waals surface area contributed by atoms with E-state index in [9.17, 15) is 0 Å². The minimum absolute atomic E-state index is 0.470. The smallest absolute Gasteiger partial charge is 0.0702 e. The van der Waals surface area contributed by atoms with E-state index in [2.05, 4.69) is 24.1 Å². The number of hydrogen-bond acceptors (Lipinski definition) is 3. The lowest BCUT2D eigenvalue weighted by atomic mass is 10.1. The molecule has 2 atom stereocenters. The molecule has 14 heavy (non-hydrogen) atoms. The molecule has 0 spiro atoms. The molecule has 1 saturated heterocycles. The molecule has 1 fully saturated rings. The van der Waals surface area contributed by atoms with Crippen LogP contribution in [0.15, 0.2) is 0 Å². The van der Waals surface area contributed by atoms with Crippen LogP contribution < -0.4 is 5.32 Å².